The van der Waals surface area contributed by atoms with Crippen molar-refractivity contribution in [3.05, 3.63) is 35.4 Å². The molecule has 0 nitrogen and oxygen atoms in total. The van der Waals surface area contributed by atoms with Crippen LogP contribution in [0.2, 0.25) is 0 Å². The first kappa shape index (κ1) is 10.0. The summed E-state index contributed by atoms with van der Waals surface area (Å²) in [5.41, 5.74) is 2.87. The molecular formula is C11H15I. The third-order valence-corrected chi connectivity index (χ3v) is 2.76. The van der Waals surface area contributed by atoms with Crippen molar-refractivity contribution in [1.82, 2.24) is 0 Å². The number of benzene rings is 1. The fourth-order valence-electron chi connectivity index (χ4n) is 1.17. The van der Waals surface area contributed by atoms with E-state index in [9.17, 15) is 0 Å². The largest absolute Gasteiger partial charge is 0.0777 e. The number of hydrogen-bond donors (Lipinski definition) is 0. The molecule has 1 unspecified atom stereocenters. The van der Waals surface area contributed by atoms with Crippen LogP contribution in [0.25, 0.3) is 0 Å². The van der Waals surface area contributed by atoms with Crippen LogP contribution in [-0.4, -0.2) is 0 Å². The summed E-state index contributed by atoms with van der Waals surface area (Å²) in [5.74, 6) is 0.639. The molecule has 1 rings (SSSR count). The van der Waals surface area contributed by atoms with E-state index < -0.39 is 0 Å². The van der Waals surface area contributed by atoms with Gasteiger partial charge in [-0.1, -0.05) is 60.7 Å². The van der Waals surface area contributed by atoms with E-state index in [2.05, 4.69) is 67.6 Å². The lowest BCUT2D eigenvalue weighted by molar-refractivity contribution is 0.862. The standard InChI is InChI=1S/C11H15I/c1-8(2)10-5-4-6-11(7-10)9(3)12/h4-9H,1-3H3. The van der Waals surface area contributed by atoms with Gasteiger partial charge in [0.25, 0.3) is 0 Å². The Labute approximate surface area is 88.5 Å². The van der Waals surface area contributed by atoms with Crippen LogP contribution in [-0.2, 0) is 0 Å². The third kappa shape index (κ3) is 2.47. The molecule has 0 fully saturated rings. The Morgan fingerprint density at radius 3 is 2.17 bits per heavy atom. The van der Waals surface area contributed by atoms with Crippen LogP contribution >= 0.6 is 22.6 Å². The molecule has 1 atom stereocenters. The summed E-state index contributed by atoms with van der Waals surface area (Å²) in [5, 5.41) is 0. The molecule has 0 radical (unpaired) electrons. The maximum Gasteiger partial charge on any atom is 0.0331 e. The van der Waals surface area contributed by atoms with Crippen LogP contribution in [0.5, 0.6) is 0 Å². The van der Waals surface area contributed by atoms with Crippen LogP contribution in [0.15, 0.2) is 24.3 Å². The van der Waals surface area contributed by atoms with Gasteiger partial charge in [-0.15, -0.1) is 0 Å². The highest BCUT2D eigenvalue weighted by Gasteiger charge is 2.03. The van der Waals surface area contributed by atoms with Crippen molar-refractivity contribution in [3.8, 4) is 0 Å². The lowest BCUT2D eigenvalue weighted by Gasteiger charge is -2.09. The Kier molecular flexibility index (Phi) is 3.56. The monoisotopic (exact) mass is 274 g/mol. The van der Waals surface area contributed by atoms with Gasteiger partial charge in [0.15, 0.2) is 0 Å². The Bertz CT molecular complexity index is 228. The van der Waals surface area contributed by atoms with Crippen molar-refractivity contribution >= 4 is 22.6 Å². The number of alkyl halides is 1. The highest BCUT2D eigenvalue weighted by molar-refractivity contribution is 14.1. The predicted molar refractivity (Wildman–Crippen MR) is 63.0 cm³/mol. The SMILES string of the molecule is CC(C)c1cccc(C(C)I)c1. The molecule has 0 aliphatic carbocycles. The molecule has 0 saturated heterocycles. The highest BCUT2D eigenvalue weighted by atomic mass is 127. The van der Waals surface area contributed by atoms with E-state index in [4.69, 9.17) is 0 Å². The van der Waals surface area contributed by atoms with Gasteiger partial charge in [0.2, 0.25) is 0 Å². The first-order chi connectivity index (χ1) is 5.61. The summed E-state index contributed by atoms with van der Waals surface area (Å²) in [6.45, 7) is 6.69. The van der Waals surface area contributed by atoms with Gasteiger partial charge in [0, 0.05) is 3.92 Å². The molecule has 0 aromatic heterocycles. The highest BCUT2D eigenvalue weighted by Crippen LogP contribution is 2.25. The van der Waals surface area contributed by atoms with E-state index in [-0.39, 0.29) is 0 Å². The first-order valence-electron chi connectivity index (χ1n) is 4.35. The second kappa shape index (κ2) is 4.26. The van der Waals surface area contributed by atoms with Gasteiger partial charge in [-0.3, -0.25) is 0 Å². The van der Waals surface area contributed by atoms with Gasteiger partial charge < -0.3 is 0 Å². The van der Waals surface area contributed by atoms with Crippen LogP contribution < -0.4 is 0 Å². The zero-order chi connectivity index (χ0) is 9.14. The summed E-state index contributed by atoms with van der Waals surface area (Å²) >= 11 is 2.45. The van der Waals surface area contributed by atoms with E-state index in [1.54, 1.807) is 0 Å². The summed E-state index contributed by atoms with van der Waals surface area (Å²) < 4.78 is 0.612. The lowest BCUT2D eigenvalue weighted by atomic mass is 10.0. The molecule has 12 heavy (non-hydrogen) atoms. The second-order valence-corrected chi connectivity index (χ2v) is 5.31. The minimum Gasteiger partial charge on any atom is -0.0777 e. The Hall–Kier alpha value is -0.0500. The molecule has 0 spiro atoms. The third-order valence-electron chi connectivity index (χ3n) is 2.04. The predicted octanol–water partition coefficient (Wildman–Crippen LogP) is 4.31. The molecule has 0 saturated carbocycles. The number of halogens is 1. The summed E-state index contributed by atoms with van der Waals surface area (Å²) in [6.07, 6.45) is 0. The first-order valence-corrected chi connectivity index (χ1v) is 5.59. The minimum absolute atomic E-state index is 0.612. The van der Waals surface area contributed by atoms with E-state index in [1.807, 2.05) is 0 Å². The fraction of sp³-hybridized carbons (Fsp3) is 0.455. The second-order valence-electron chi connectivity index (χ2n) is 3.44. The normalized spacial score (nSPS) is 13.4. The molecule has 0 bridgehead atoms. The topological polar surface area (TPSA) is 0 Å². The van der Waals surface area contributed by atoms with Crippen molar-refractivity contribution in [2.24, 2.45) is 0 Å². The zero-order valence-corrected chi connectivity index (χ0v) is 10.00. The molecular weight excluding hydrogens is 259 g/mol. The maximum atomic E-state index is 2.45. The Morgan fingerprint density at radius 1 is 1.08 bits per heavy atom. The average Bonchev–Trinajstić information content (AvgIpc) is 2.04. The van der Waals surface area contributed by atoms with Gasteiger partial charge in [-0.2, -0.15) is 0 Å². The van der Waals surface area contributed by atoms with Gasteiger partial charge in [0.05, 0.1) is 0 Å². The van der Waals surface area contributed by atoms with Crippen LogP contribution in [0, 0.1) is 0 Å². The lowest BCUT2D eigenvalue weighted by Crippen LogP contribution is -1.90. The quantitative estimate of drug-likeness (QED) is 0.557. The molecule has 0 heterocycles. The Balaban J connectivity index is 2.96. The molecule has 1 aromatic rings. The zero-order valence-electron chi connectivity index (χ0n) is 7.84. The summed E-state index contributed by atoms with van der Waals surface area (Å²) in [6, 6.07) is 8.86. The number of hydrogen-bond acceptors (Lipinski definition) is 0. The van der Waals surface area contributed by atoms with Gasteiger partial charge in [0.1, 0.15) is 0 Å². The smallest absolute Gasteiger partial charge is 0.0331 e. The van der Waals surface area contributed by atoms with Crippen LogP contribution in [0.1, 0.15) is 41.7 Å². The van der Waals surface area contributed by atoms with Crippen molar-refractivity contribution in [1.29, 1.82) is 0 Å². The van der Waals surface area contributed by atoms with E-state index >= 15 is 0 Å². The van der Waals surface area contributed by atoms with Crippen molar-refractivity contribution in [3.63, 3.8) is 0 Å². The molecule has 0 N–H and O–H groups in total. The molecule has 0 aliphatic rings. The molecule has 66 valence electrons. The molecule has 0 amide bonds. The van der Waals surface area contributed by atoms with Crippen molar-refractivity contribution in [2.45, 2.75) is 30.6 Å². The number of rotatable bonds is 2. The van der Waals surface area contributed by atoms with Crippen molar-refractivity contribution < 1.29 is 0 Å². The Morgan fingerprint density at radius 2 is 1.67 bits per heavy atom. The van der Waals surface area contributed by atoms with Gasteiger partial charge >= 0.3 is 0 Å². The van der Waals surface area contributed by atoms with Crippen LogP contribution in [0.4, 0.5) is 0 Å². The van der Waals surface area contributed by atoms with Gasteiger partial charge in [-0.25, -0.2) is 0 Å². The van der Waals surface area contributed by atoms with Gasteiger partial charge in [-0.05, 0) is 24.0 Å². The fourth-order valence-corrected chi connectivity index (χ4v) is 1.55. The minimum atomic E-state index is 0.612. The summed E-state index contributed by atoms with van der Waals surface area (Å²) in [4.78, 5) is 0. The van der Waals surface area contributed by atoms with E-state index in [0.29, 0.717) is 9.84 Å². The van der Waals surface area contributed by atoms with Crippen molar-refractivity contribution in [2.75, 3.05) is 0 Å². The van der Waals surface area contributed by atoms with E-state index in [1.165, 1.54) is 11.1 Å². The van der Waals surface area contributed by atoms with Crippen LogP contribution in [0.3, 0.4) is 0 Å². The van der Waals surface area contributed by atoms with E-state index in [0.717, 1.165) is 0 Å². The molecule has 1 aromatic carbocycles. The molecule has 1 heteroatoms. The summed E-state index contributed by atoms with van der Waals surface area (Å²) in [7, 11) is 0. The average molecular weight is 274 g/mol. The maximum absolute atomic E-state index is 2.45. The molecule has 0 aliphatic heterocycles.